The maximum Gasteiger partial charge on any atom is 0.181 e. The van der Waals surface area contributed by atoms with Crippen LogP contribution >= 0.6 is 0 Å². The fraction of sp³-hybridized carbons (Fsp3) is 0.111. The number of rotatable bonds is 1. The van der Waals surface area contributed by atoms with Crippen molar-refractivity contribution in [1.82, 2.24) is 4.98 Å². The van der Waals surface area contributed by atoms with Crippen molar-refractivity contribution in [3.05, 3.63) is 30.2 Å². The van der Waals surface area contributed by atoms with Crippen molar-refractivity contribution < 1.29 is 4.42 Å². The van der Waals surface area contributed by atoms with E-state index in [1.165, 1.54) is 6.39 Å². The Morgan fingerprint density at radius 2 is 2.42 bits per heavy atom. The quantitative estimate of drug-likeness (QED) is 0.636. The van der Waals surface area contributed by atoms with Gasteiger partial charge in [0.1, 0.15) is 5.52 Å². The Balaban J connectivity index is 2.54. The molecule has 0 saturated heterocycles. The zero-order valence-corrected chi connectivity index (χ0v) is 6.32. The summed E-state index contributed by atoms with van der Waals surface area (Å²) in [6, 6.07) is 7.65. The highest BCUT2D eigenvalue weighted by Crippen LogP contribution is 2.13. The molecular formula is C9H6N2O. The third-order valence-corrected chi connectivity index (χ3v) is 1.68. The van der Waals surface area contributed by atoms with E-state index in [2.05, 4.69) is 11.1 Å². The molecule has 0 spiro atoms. The number of hydrogen-bond donors (Lipinski definition) is 0. The van der Waals surface area contributed by atoms with Gasteiger partial charge in [-0.3, -0.25) is 0 Å². The summed E-state index contributed by atoms with van der Waals surface area (Å²) in [4.78, 5) is 3.99. The molecule has 1 aromatic carbocycles. The number of benzene rings is 1. The lowest BCUT2D eigenvalue weighted by molar-refractivity contribution is 0.602. The third kappa shape index (κ3) is 1.04. The second-order valence-corrected chi connectivity index (χ2v) is 2.49. The second kappa shape index (κ2) is 2.67. The van der Waals surface area contributed by atoms with Gasteiger partial charge in [0.25, 0.3) is 0 Å². The lowest BCUT2D eigenvalue weighted by Gasteiger charge is -1.91. The van der Waals surface area contributed by atoms with Crippen molar-refractivity contribution in [2.75, 3.05) is 0 Å². The molecule has 2 aromatic rings. The summed E-state index contributed by atoms with van der Waals surface area (Å²) in [6.45, 7) is 0. The average molecular weight is 158 g/mol. The Bertz CT molecular complexity index is 439. The minimum atomic E-state index is 0.419. The molecule has 0 aliphatic carbocycles. The van der Waals surface area contributed by atoms with Gasteiger partial charge < -0.3 is 4.42 Å². The first-order chi connectivity index (χ1) is 5.90. The topological polar surface area (TPSA) is 49.8 Å². The zero-order valence-electron chi connectivity index (χ0n) is 6.32. The van der Waals surface area contributed by atoms with Gasteiger partial charge in [-0.05, 0) is 17.7 Å². The highest BCUT2D eigenvalue weighted by Gasteiger charge is 1.98. The first-order valence-corrected chi connectivity index (χ1v) is 3.59. The van der Waals surface area contributed by atoms with E-state index in [4.69, 9.17) is 9.68 Å². The summed E-state index contributed by atoms with van der Waals surface area (Å²) in [5.74, 6) is 0. The summed E-state index contributed by atoms with van der Waals surface area (Å²) >= 11 is 0. The third-order valence-electron chi connectivity index (χ3n) is 1.68. The lowest BCUT2D eigenvalue weighted by Crippen LogP contribution is -1.79. The van der Waals surface area contributed by atoms with Crippen LogP contribution in [0.5, 0.6) is 0 Å². The van der Waals surface area contributed by atoms with E-state index in [1.807, 2.05) is 18.2 Å². The van der Waals surface area contributed by atoms with Gasteiger partial charge in [-0.15, -0.1) is 0 Å². The molecule has 0 bridgehead atoms. The van der Waals surface area contributed by atoms with Crippen LogP contribution in [0.1, 0.15) is 5.56 Å². The van der Waals surface area contributed by atoms with Crippen molar-refractivity contribution in [2.24, 2.45) is 0 Å². The first kappa shape index (κ1) is 6.86. The van der Waals surface area contributed by atoms with Crippen LogP contribution in [-0.4, -0.2) is 4.98 Å². The predicted molar refractivity (Wildman–Crippen MR) is 43.3 cm³/mol. The second-order valence-electron chi connectivity index (χ2n) is 2.49. The molecule has 3 heteroatoms. The Morgan fingerprint density at radius 3 is 3.25 bits per heavy atom. The molecule has 1 heterocycles. The maximum absolute atomic E-state index is 8.45. The maximum atomic E-state index is 8.45. The van der Waals surface area contributed by atoms with Gasteiger partial charge in [-0.25, -0.2) is 4.98 Å². The Kier molecular flexibility index (Phi) is 1.52. The molecule has 1 aromatic heterocycles. The number of nitriles is 1. The summed E-state index contributed by atoms with van der Waals surface area (Å²) in [5.41, 5.74) is 2.54. The SMILES string of the molecule is N#CCc1ccc2ocnc2c1. The van der Waals surface area contributed by atoms with E-state index in [9.17, 15) is 0 Å². The molecular weight excluding hydrogens is 152 g/mol. The Labute approximate surface area is 69.2 Å². The van der Waals surface area contributed by atoms with Crippen molar-refractivity contribution >= 4 is 11.1 Å². The molecule has 58 valence electrons. The van der Waals surface area contributed by atoms with Crippen molar-refractivity contribution in [2.45, 2.75) is 6.42 Å². The smallest absolute Gasteiger partial charge is 0.181 e. The number of hydrogen-bond acceptors (Lipinski definition) is 3. The number of nitrogens with zero attached hydrogens (tertiary/aromatic N) is 2. The Morgan fingerprint density at radius 1 is 1.50 bits per heavy atom. The molecule has 0 amide bonds. The van der Waals surface area contributed by atoms with Gasteiger partial charge in [-0.2, -0.15) is 5.26 Å². The van der Waals surface area contributed by atoms with Gasteiger partial charge in [-0.1, -0.05) is 6.07 Å². The normalized spacial score (nSPS) is 9.92. The van der Waals surface area contributed by atoms with Crippen LogP contribution in [0.15, 0.2) is 29.0 Å². The molecule has 12 heavy (non-hydrogen) atoms. The van der Waals surface area contributed by atoms with Gasteiger partial charge in [0.15, 0.2) is 12.0 Å². The van der Waals surface area contributed by atoms with Crippen molar-refractivity contribution in [3.63, 3.8) is 0 Å². The summed E-state index contributed by atoms with van der Waals surface area (Å²) in [7, 11) is 0. The molecule has 0 fully saturated rings. The summed E-state index contributed by atoms with van der Waals surface area (Å²) in [5, 5.41) is 8.45. The average Bonchev–Trinajstić information content (AvgIpc) is 2.51. The monoisotopic (exact) mass is 158 g/mol. The number of fused-ring (bicyclic) bond motifs is 1. The van der Waals surface area contributed by atoms with Crippen LogP contribution < -0.4 is 0 Å². The van der Waals surface area contributed by atoms with Crippen LogP contribution in [0.25, 0.3) is 11.1 Å². The largest absolute Gasteiger partial charge is 0.443 e. The fourth-order valence-corrected chi connectivity index (χ4v) is 1.10. The van der Waals surface area contributed by atoms with Crippen LogP contribution in [0.4, 0.5) is 0 Å². The fourth-order valence-electron chi connectivity index (χ4n) is 1.10. The molecule has 0 aliphatic rings. The molecule has 0 atom stereocenters. The Hall–Kier alpha value is -1.82. The number of aromatic nitrogens is 1. The van der Waals surface area contributed by atoms with E-state index < -0.39 is 0 Å². The standard InChI is InChI=1S/C9H6N2O/c10-4-3-7-1-2-9-8(5-7)11-6-12-9/h1-2,5-6H,3H2. The van der Waals surface area contributed by atoms with E-state index in [-0.39, 0.29) is 0 Å². The van der Waals surface area contributed by atoms with Gasteiger partial charge in [0.05, 0.1) is 12.5 Å². The van der Waals surface area contributed by atoms with E-state index in [1.54, 1.807) is 0 Å². The van der Waals surface area contributed by atoms with Crippen molar-refractivity contribution in [1.29, 1.82) is 5.26 Å². The predicted octanol–water partition coefficient (Wildman–Crippen LogP) is 1.89. The van der Waals surface area contributed by atoms with Crippen LogP contribution in [-0.2, 0) is 6.42 Å². The number of oxazole rings is 1. The molecule has 0 aliphatic heterocycles. The van der Waals surface area contributed by atoms with Crippen LogP contribution in [0.2, 0.25) is 0 Å². The van der Waals surface area contributed by atoms with E-state index >= 15 is 0 Å². The molecule has 0 unspecified atom stereocenters. The highest BCUT2D eigenvalue weighted by atomic mass is 16.3. The molecule has 0 saturated carbocycles. The molecule has 0 N–H and O–H groups in total. The van der Waals surface area contributed by atoms with Crippen LogP contribution in [0.3, 0.4) is 0 Å². The first-order valence-electron chi connectivity index (χ1n) is 3.59. The molecule has 0 radical (unpaired) electrons. The summed E-state index contributed by atoms with van der Waals surface area (Å²) < 4.78 is 5.06. The minimum Gasteiger partial charge on any atom is -0.443 e. The van der Waals surface area contributed by atoms with E-state index in [0.717, 1.165) is 16.7 Å². The molecule has 3 nitrogen and oxygen atoms in total. The highest BCUT2D eigenvalue weighted by molar-refractivity contribution is 5.72. The minimum absolute atomic E-state index is 0.419. The van der Waals surface area contributed by atoms with Gasteiger partial charge >= 0.3 is 0 Å². The van der Waals surface area contributed by atoms with Gasteiger partial charge in [0.2, 0.25) is 0 Å². The van der Waals surface area contributed by atoms with Crippen LogP contribution in [0, 0.1) is 11.3 Å². The van der Waals surface area contributed by atoms with Gasteiger partial charge in [0, 0.05) is 0 Å². The molecule has 2 rings (SSSR count). The van der Waals surface area contributed by atoms with Crippen molar-refractivity contribution in [3.8, 4) is 6.07 Å². The lowest BCUT2D eigenvalue weighted by atomic mass is 10.1. The van der Waals surface area contributed by atoms with E-state index in [0.29, 0.717) is 6.42 Å². The summed E-state index contributed by atoms with van der Waals surface area (Å²) in [6.07, 6.45) is 1.82. The zero-order chi connectivity index (χ0) is 8.39.